The van der Waals surface area contributed by atoms with Gasteiger partial charge in [-0.1, -0.05) is 5.92 Å². The van der Waals surface area contributed by atoms with Gasteiger partial charge in [0.05, 0.1) is 29.1 Å². The van der Waals surface area contributed by atoms with Crippen LogP contribution in [0, 0.1) is 24.2 Å². The number of nitrogens with zero attached hydrogens (tertiary/aromatic N) is 6. The zero-order chi connectivity index (χ0) is 32.9. The Bertz CT molecular complexity index is 1790. The smallest absolute Gasteiger partial charge is 0.410 e. The van der Waals surface area contributed by atoms with E-state index in [-0.39, 0.29) is 11.5 Å². The molecule has 0 aliphatic heterocycles. The highest BCUT2D eigenvalue weighted by Gasteiger charge is 2.27. The number of aryl methyl sites for hydroxylation is 1. The second-order valence-electron chi connectivity index (χ2n) is 11.4. The van der Waals surface area contributed by atoms with Crippen LogP contribution in [0.2, 0.25) is 0 Å². The van der Waals surface area contributed by atoms with Crippen molar-refractivity contribution in [2.24, 2.45) is 0 Å². The Morgan fingerprint density at radius 1 is 1.09 bits per heavy atom. The van der Waals surface area contributed by atoms with Gasteiger partial charge in [-0.3, -0.25) is 9.69 Å². The first-order chi connectivity index (χ1) is 21.3. The molecule has 0 radical (unpaired) electrons. The second-order valence-corrected chi connectivity index (χ2v) is 11.4. The van der Waals surface area contributed by atoms with Gasteiger partial charge in [-0.05, 0) is 83.9 Å². The number of carbonyl (C=O) groups excluding carboxylic acids is 2. The molecule has 4 rings (SSSR count). The standard InChI is InChI=1S/C33H37N9O3/c1-20-17-42(19-38-20)26-13-10-23(11-14-26)9-12-25-15-24(29-30(35-7)28(21(2)34)36-18-37-29)16-27(39-25)40-31(43)22(3)41(8)32(44)45-33(4,5)6/h10-11,13-19,22,34-35H,1-8H3,(H,39,40,43). The fourth-order valence-electron chi connectivity index (χ4n) is 4.24. The van der Waals surface area contributed by atoms with Crippen molar-refractivity contribution >= 4 is 29.2 Å². The molecule has 0 saturated carbocycles. The van der Waals surface area contributed by atoms with Crippen LogP contribution in [0.5, 0.6) is 0 Å². The van der Waals surface area contributed by atoms with Gasteiger partial charge in [0.15, 0.2) is 0 Å². The molecule has 3 heterocycles. The van der Waals surface area contributed by atoms with Gasteiger partial charge in [0.2, 0.25) is 5.91 Å². The average molecular weight is 608 g/mol. The molecule has 12 heteroatoms. The molecule has 1 aromatic carbocycles. The number of hydrogen-bond donors (Lipinski definition) is 3. The first-order valence-electron chi connectivity index (χ1n) is 14.3. The molecular weight excluding hydrogens is 570 g/mol. The van der Waals surface area contributed by atoms with Crippen molar-refractivity contribution in [3.05, 3.63) is 77.9 Å². The third-order valence-corrected chi connectivity index (χ3v) is 6.66. The molecule has 1 atom stereocenters. The molecule has 1 unspecified atom stereocenters. The van der Waals surface area contributed by atoms with E-state index in [0.29, 0.717) is 28.3 Å². The number of hydrogen-bond acceptors (Lipinski definition) is 9. The topological polar surface area (TPSA) is 151 Å². The molecule has 3 aromatic heterocycles. The minimum atomic E-state index is -0.864. The number of anilines is 2. The van der Waals surface area contributed by atoms with Crippen molar-refractivity contribution in [2.45, 2.75) is 53.2 Å². The number of rotatable bonds is 7. The summed E-state index contributed by atoms with van der Waals surface area (Å²) in [7, 11) is 3.22. The third-order valence-electron chi connectivity index (χ3n) is 6.66. The number of ether oxygens (including phenoxy) is 1. The first kappa shape index (κ1) is 32.3. The second kappa shape index (κ2) is 13.4. The average Bonchev–Trinajstić information content (AvgIpc) is 3.44. The maximum absolute atomic E-state index is 13.3. The van der Waals surface area contributed by atoms with Crippen LogP contribution in [-0.2, 0) is 9.53 Å². The summed E-state index contributed by atoms with van der Waals surface area (Å²) < 4.78 is 7.34. The minimum Gasteiger partial charge on any atom is -0.444 e. The van der Waals surface area contributed by atoms with E-state index in [9.17, 15) is 9.59 Å². The zero-order valence-electron chi connectivity index (χ0n) is 26.7. The zero-order valence-corrected chi connectivity index (χ0v) is 26.7. The van der Waals surface area contributed by atoms with E-state index in [4.69, 9.17) is 10.1 Å². The van der Waals surface area contributed by atoms with Gasteiger partial charge in [-0.25, -0.2) is 24.7 Å². The highest BCUT2D eigenvalue weighted by Crippen LogP contribution is 2.30. The molecule has 0 aliphatic rings. The fourth-order valence-corrected chi connectivity index (χ4v) is 4.24. The van der Waals surface area contributed by atoms with Gasteiger partial charge in [0.1, 0.15) is 35.2 Å². The Kier molecular flexibility index (Phi) is 9.62. The molecule has 0 spiro atoms. The van der Waals surface area contributed by atoms with Gasteiger partial charge < -0.3 is 25.3 Å². The van der Waals surface area contributed by atoms with Gasteiger partial charge in [0, 0.05) is 37.1 Å². The third kappa shape index (κ3) is 8.08. The lowest BCUT2D eigenvalue weighted by Gasteiger charge is -2.28. The molecule has 232 valence electrons. The lowest BCUT2D eigenvalue weighted by Crippen LogP contribution is -2.45. The molecule has 0 aliphatic carbocycles. The fraction of sp³-hybridized carbons (Fsp3) is 0.303. The summed E-state index contributed by atoms with van der Waals surface area (Å²) in [5, 5.41) is 14.1. The normalized spacial score (nSPS) is 11.6. The highest BCUT2D eigenvalue weighted by molar-refractivity contribution is 6.02. The maximum atomic E-state index is 13.3. The first-order valence-corrected chi connectivity index (χ1v) is 14.3. The predicted octanol–water partition coefficient (Wildman–Crippen LogP) is 5.06. The summed E-state index contributed by atoms with van der Waals surface area (Å²) in [5.74, 6) is 5.98. The number of amides is 2. The highest BCUT2D eigenvalue weighted by atomic mass is 16.6. The summed E-state index contributed by atoms with van der Waals surface area (Å²) in [6, 6.07) is 10.3. The molecule has 2 amide bonds. The van der Waals surface area contributed by atoms with Crippen LogP contribution < -0.4 is 10.6 Å². The van der Waals surface area contributed by atoms with Crippen LogP contribution in [-0.4, -0.2) is 72.9 Å². The van der Waals surface area contributed by atoms with Crippen LogP contribution in [0.25, 0.3) is 16.9 Å². The molecule has 4 aromatic rings. The lowest BCUT2D eigenvalue weighted by molar-refractivity contribution is -0.120. The van der Waals surface area contributed by atoms with Gasteiger partial charge in [-0.15, -0.1) is 0 Å². The van der Waals surface area contributed by atoms with Gasteiger partial charge in [-0.2, -0.15) is 0 Å². The Morgan fingerprint density at radius 3 is 2.40 bits per heavy atom. The summed E-state index contributed by atoms with van der Waals surface area (Å²) in [4.78, 5) is 44.6. The number of likely N-dealkylation sites (N-methyl/N-ethyl adjacent to an activating group) is 1. The van der Waals surface area contributed by atoms with Crippen LogP contribution in [0.15, 0.2) is 55.2 Å². The van der Waals surface area contributed by atoms with Crippen molar-refractivity contribution < 1.29 is 14.3 Å². The summed E-state index contributed by atoms with van der Waals surface area (Å²) >= 11 is 0. The molecule has 3 N–H and O–H groups in total. The molecule has 0 fully saturated rings. The maximum Gasteiger partial charge on any atom is 0.410 e. The van der Waals surface area contributed by atoms with Crippen molar-refractivity contribution in [1.29, 1.82) is 5.41 Å². The number of nitrogens with one attached hydrogen (secondary N) is 3. The summed E-state index contributed by atoms with van der Waals surface area (Å²) in [6.07, 6.45) is 4.46. The van der Waals surface area contributed by atoms with Crippen LogP contribution in [0.4, 0.5) is 16.3 Å². The Hall–Kier alpha value is -5.57. The van der Waals surface area contributed by atoms with E-state index in [0.717, 1.165) is 16.9 Å². The van der Waals surface area contributed by atoms with Gasteiger partial charge in [0.25, 0.3) is 0 Å². The largest absolute Gasteiger partial charge is 0.444 e. The van der Waals surface area contributed by atoms with Crippen molar-refractivity contribution in [3.63, 3.8) is 0 Å². The number of carbonyl (C=O) groups is 2. The monoisotopic (exact) mass is 607 g/mol. The number of pyridine rings is 1. The Balaban J connectivity index is 1.70. The SMILES string of the molecule is CNc1c(C(C)=N)ncnc1-c1cc(C#Cc2ccc(-n3cnc(C)c3)cc2)nc(NC(=O)C(C)N(C)C(=O)OC(C)(C)C)c1. The minimum absolute atomic E-state index is 0.214. The molecule has 0 saturated heterocycles. The summed E-state index contributed by atoms with van der Waals surface area (Å²) in [5.41, 5.74) is 4.67. The summed E-state index contributed by atoms with van der Waals surface area (Å²) in [6.45, 7) is 10.4. The quantitative estimate of drug-likeness (QED) is 0.195. The van der Waals surface area contributed by atoms with E-state index in [1.807, 2.05) is 42.0 Å². The molecule has 12 nitrogen and oxygen atoms in total. The number of benzene rings is 1. The van der Waals surface area contributed by atoms with Crippen molar-refractivity contribution in [2.75, 3.05) is 24.7 Å². The molecular formula is C33H37N9O3. The van der Waals surface area contributed by atoms with E-state index in [1.54, 1.807) is 60.1 Å². The van der Waals surface area contributed by atoms with Crippen LogP contribution in [0.3, 0.4) is 0 Å². The lowest BCUT2D eigenvalue weighted by atomic mass is 10.1. The van der Waals surface area contributed by atoms with Crippen LogP contribution >= 0.6 is 0 Å². The molecule has 0 bridgehead atoms. The van der Waals surface area contributed by atoms with Crippen molar-refractivity contribution in [1.82, 2.24) is 29.4 Å². The predicted molar refractivity (Wildman–Crippen MR) is 174 cm³/mol. The number of imidazole rings is 1. The van der Waals surface area contributed by atoms with E-state index < -0.39 is 23.6 Å². The van der Waals surface area contributed by atoms with Crippen molar-refractivity contribution in [3.8, 4) is 28.8 Å². The number of aromatic nitrogens is 5. The Morgan fingerprint density at radius 2 is 1.80 bits per heavy atom. The van der Waals surface area contributed by atoms with Gasteiger partial charge >= 0.3 is 6.09 Å². The van der Waals surface area contributed by atoms with Crippen LogP contribution in [0.1, 0.15) is 57.3 Å². The Labute approximate surface area is 262 Å². The van der Waals surface area contributed by atoms with E-state index in [1.165, 1.54) is 18.3 Å². The molecule has 45 heavy (non-hydrogen) atoms. The van der Waals surface area contributed by atoms with E-state index >= 15 is 0 Å². The van der Waals surface area contributed by atoms with E-state index in [2.05, 4.69) is 42.4 Å².